The smallest absolute Gasteiger partial charge is 0.106 e. The highest BCUT2D eigenvalue weighted by molar-refractivity contribution is 6.42. The van der Waals surface area contributed by atoms with Crippen molar-refractivity contribution < 1.29 is 9.68 Å². The van der Waals surface area contributed by atoms with Gasteiger partial charge in [-0.25, -0.2) is 0 Å². The summed E-state index contributed by atoms with van der Waals surface area (Å²) >= 11 is 0. The van der Waals surface area contributed by atoms with Crippen LogP contribution in [-0.4, -0.2) is 25.6 Å². The highest BCUT2D eigenvalue weighted by atomic mass is 16.6. The van der Waals surface area contributed by atoms with Crippen LogP contribution in [0.2, 0.25) is 0 Å². The summed E-state index contributed by atoms with van der Waals surface area (Å²) in [5.41, 5.74) is 1.84. The van der Waals surface area contributed by atoms with Crippen LogP contribution in [0.1, 0.15) is 25.7 Å². The molecule has 12 heavy (non-hydrogen) atoms. The summed E-state index contributed by atoms with van der Waals surface area (Å²) in [5, 5.41) is 7.78. The first-order chi connectivity index (χ1) is 5.88. The molecule has 0 aliphatic heterocycles. The normalized spacial score (nSPS) is 24.5. The number of oxime groups is 2. The average Bonchev–Trinajstić information content (AvgIpc) is 2.09. The van der Waals surface area contributed by atoms with Gasteiger partial charge in [-0.15, -0.1) is 0 Å². The van der Waals surface area contributed by atoms with Crippen LogP contribution < -0.4 is 0 Å². The maximum Gasteiger partial charge on any atom is 0.106 e. The average molecular weight is 170 g/mol. The monoisotopic (exact) mass is 170 g/mol. The van der Waals surface area contributed by atoms with Crippen LogP contribution in [0.5, 0.6) is 0 Å². The predicted molar refractivity (Wildman–Crippen MR) is 47.4 cm³/mol. The van der Waals surface area contributed by atoms with Crippen molar-refractivity contribution in [3.63, 3.8) is 0 Å². The minimum atomic E-state index is 0.922. The highest BCUT2D eigenvalue weighted by Crippen LogP contribution is 2.13. The maximum absolute atomic E-state index is 4.71. The van der Waals surface area contributed by atoms with E-state index in [1.165, 1.54) is 0 Å². The highest BCUT2D eigenvalue weighted by Gasteiger charge is 2.15. The molecule has 0 aromatic heterocycles. The number of hydrogen-bond acceptors (Lipinski definition) is 4. The van der Waals surface area contributed by atoms with Gasteiger partial charge < -0.3 is 9.68 Å². The zero-order valence-corrected chi connectivity index (χ0v) is 7.54. The van der Waals surface area contributed by atoms with Gasteiger partial charge in [0.05, 0.1) is 0 Å². The van der Waals surface area contributed by atoms with Crippen LogP contribution in [0.4, 0.5) is 0 Å². The number of rotatable bonds is 2. The van der Waals surface area contributed by atoms with E-state index in [1.54, 1.807) is 14.2 Å². The third-order valence-corrected chi connectivity index (χ3v) is 1.81. The lowest BCUT2D eigenvalue weighted by Crippen LogP contribution is -2.19. The first-order valence-electron chi connectivity index (χ1n) is 4.09. The zero-order chi connectivity index (χ0) is 8.81. The third-order valence-electron chi connectivity index (χ3n) is 1.81. The fraction of sp³-hybridized carbons (Fsp3) is 0.750. The Hall–Kier alpha value is -1.06. The Morgan fingerprint density at radius 3 is 1.67 bits per heavy atom. The van der Waals surface area contributed by atoms with Gasteiger partial charge in [-0.1, -0.05) is 10.3 Å². The van der Waals surface area contributed by atoms with Crippen LogP contribution >= 0.6 is 0 Å². The molecule has 4 nitrogen and oxygen atoms in total. The number of hydrogen-bond donors (Lipinski definition) is 0. The molecule has 0 atom stereocenters. The van der Waals surface area contributed by atoms with Crippen molar-refractivity contribution in [2.24, 2.45) is 10.3 Å². The SMILES string of the molecule is CON=C1CCCCC1=NOC. The molecule has 0 N–H and O–H groups in total. The van der Waals surface area contributed by atoms with E-state index >= 15 is 0 Å². The van der Waals surface area contributed by atoms with Gasteiger partial charge in [-0.2, -0.15) is 0 Å². The Labute approximate surface area is 72.2 Å². The summed E-state index contributed by atoms with van der Waals surface area (Å²) in [5.74, 6) is 0. The number of nitrogens with zero attached hydrogens (tertiary/aromatic N) is 2. The van der Waals surface area contributed by atoms with Crippen molar-refractivity contribution >= 4 is 11.4 Å². The van der Waals surface area contributed by atoms with Gasteiger partial charge in [0, 0.05) is 0 Å². The predicted octanol–water partition coefficient (Wildman–Crippen LogP) is 1.57. The van der Waals surface area contributed by atoms with Gasteiger partial charge in [-0.3, -0.25) is 0 Å². The van der Waals surface area contributed by atoms with Gasteiger partial charge in [-0.05, 0) is 25.7 Å². The first-order valence-corrected chi connectivity index (χ1v) is 4.09. The molecular formula is C8H14N2O2. The van der Waals surface area contributed by atoms with Crippen molar-refractivity contribution in [1.29, 1.82) is 0 Å². The first kappa shape index (κ1) is 9.03. The van der Waals surface area contributed by atoms with Crippen molar-refractivity contribution in [1.82, 2.24) is 0 Å². The maximum atomic E-state index is 4.71. The molecule has 4 heteroatoms. The molecule has 0 bridgehead atoms. The van der Waals surface area contributed by atoms with Gasteiger partial charge in [0.15, 0.2) is 0 Å². The van der Waals surface area contributed by atoms with Crippen LogP contribution in [0.3, 0.4) is 0 Å². The molecule has 0 saturated heterocycles. The van der Waals surface area contributed by atoms with E-state index in [2.05, 4.69) is 10.3 Å². The zero-order valence-electron chi connectivity index (χ0n) is 7.54. The summed E-state index contributed by atoms with van der Waals surface area (Å²) < 4.78 is 0. The van der Waals surface area contributed by atoms with E-state index < -0.39 is 0 Å². The summed E-state index contributed by atoms with van der Waals surface area (Å²) in [7, 11) is 3.10. The molecule has 0 aromatic rings. The fourth-order valence-corrected chi connectivity index (χ4v) is 1.29. The van der Waals surface area contributed by atoms with Crippen molar-refractivity contribution in [2.75, 3.05) is 14.2 Å². The van der Waals surface area contributed by atoms with Crippen molar-refractivity contribution in [2.45, 2.75) is 25.7 Å². The van der Waals surface area contributed by atoms with E-state index in [0.29, 0.717) is 0 Å². The third kappa shape index (κ3) is 2.22. The molecule has 0 spiro atoms. The summed E-state index contributed by atoms with van der Waals surface area (Å²) in [4.78, 5) is 9.42. The van der Waals surface area contributed by atoms with Crippen molar-refractivity contribution in [3.05, 3.63) is 0 Å². The minimum absolute atomic E-state index is 0.922. The van der Waals surface area contributed by atoms with Gasteiger partial charge in [0.2, 0.25) is 0 Å². The Kier molecular flexibility index (Phi) is 3.57. The minimum Gasteiger partial charge on any atom is -0.399 e. The van der Waals surface area contributed by atoms with Crippen LogP contribution in [0.15, 0.2) is 10.3 Å². The van der Waals surface area contributed by atoms with Crippen LogP contribution in [-0.2, 0) is 9.68 Å². The standard InChI is InChI=1S/C8H14N2O2/c1-11-9-7-5-3-4-6-8(7)10-12-2/h3-6H2,1-2H3. The second-order valence-electron chi connectivity index (χ2n) is 2.65. The molecular weight excluding hydrogens is 156 g/mol. The quantitative estimate of drug-likeness (QED) is 0.590. The lowest BCUT2D eigenvalue weighted by Gasteiger charge is -2.13. The summed E-state index contributed by atoms with van der Waals surface area (Å²) in [6.07, 6.45) is 4.20. The Morgan fingerprint density at radius 2 is 1.33 bits per heavy atom. The van der Waals surface area contributed by atoms with Gasteiger partial charge in [0.1, 0.15) is 25.6 Å². The molecule has 1 fully saturated rings. The lowest BCUT2D eigenvalue weighted by atomic mass is 9.97. The molecule has 0 heterocycles. The molecule has 1 aliphatic rings. The molecule has 1 rings (SSSR count). The topological polar surface area (TPSA) is 43.2 Å². The Morgan fingerprint density at radius 1 is 0.917 bits per heavy atom. The fourth-order valence-electron chi connectivity index (χ4n) is 1.29. The molecule has 0 radical (unpaired) electrons. The van der Waals surface area contributed by atoms with E-state index in [9.17, 15) is 0 Å². The van der Waals surface area contributed by atoms with E-state index in [-0.39, 0.29) is 0 Å². The Balaban J connectivity index is 2.67. The second kappa shape index (κ2) is 4.74. The molecule has 0 amide bonds. The van der Waals surface area contributed by atoms with Crippen LogP contribution in [0.25, 0.3) is 0 Å². The van der Waals surface area contributed by atoms with Crippen molar-refractivity contribution in [3.8, 4) is 0 Å². The summed E-state index contributed by atoms with van der Waals surface area (Å²) in [6.45, 7) is 0. The van der Waals surface area contributed by atoms with Crippen LogP contribution in [0, 0.1) is 0 Å². The van der Waals surface area contributed by atoms with E-state index in [4.69, 9.17) is 9.68 Å². The van der Waals surface area contributed by atoms with E-state index in [1.807, 2.05) is 0 Å². The Bertz CT molecular complexity index is 177. The van der Waals surface area contributed by atoms with E-state index in [0.717, 1.165) is 37.1 Å². The van der Waals surface area contributed by atoms with Gasteiger partial charge in [0.25, 0.3) is 0 Å². The molecule has 68 valence electrons. The lowest BCUT2D eigenvalue weighted by molar-refractivity contribution is 0.208. The van der Waals surface area contributed by atoms with Gasteiger partial charge >= 0.3 is 0 Å². The molecule has 0 aromatic carbocycles. The molecule has 1 aliphatic carbocycles. The largest absolute Gasteiger partial charge is 0.399 e. The summed E-state index contributed by atoms with van der Waals surface area (Å²) in [6, 6.07) is 0. The second-order valence-corrected chi connectivity index (χ2v) is 2.65. The molecule has 1 saturated carbocycles. The molecule has 0 unspecified atom stereocenters.